The zero-order chi connectivity index (χ0) is 18.1. The predicted molar refractivity (Wildman–Crippen MR) is 104 cm³/mol. The van der Waals surface area contributed by atoms with E-state index < -0.39 is 0 Å². The number of rotatable bonds is 2. The fourth-order valence-electron chi connectivity index (χ4n) is 3.99. The molecule has 10 heteroatoms. The van der Waals surface area contributed by atoms with Gasteiger partial charge < -0.3 is 52.5 Å². The van der Waals surface area contributed by atoms with E-state index in [0.29, 0.717) is 13.1 Å². The Bertz CT molecular complexity index is 819. The molecule has 1 amide bonds. The maximum Gasteiger partial charge on any atom is 0.303 e. The van der Waals surface area contributed by atoms with Crippen LogP contribution in [0.4, 0.5) is 17.2 Å². The Hall–Kier alpha value is -1.61. The average molecular weight is 479 g/mol. The molecule has 3 heterocycles. The van der Waals surface area contributed by atoms with Crippen LogP contribution >= 0.6 is 0 Å². The first-order chi connectivity index (χ1) is 12.6. The van der Waals surface area contributed by atoms with Crippen LogP contribution < -0.4 is 61.8 Å². The molecule has 2 aliphatic heterocycles. The van der Waals surface area contributed by atoms with Crippen molar-refractivity contribution < 1.29 is 62.3 Å². The van der Waals surface area contributed by atoms with E-state index in [1.807, 2.05) is 35.4 Å². The first-order valence-corrected chi connectivity index (χ1v) is 9.41. The number of carbonyl (C=O) groups is 1. The van der Waals surface area contributed by atoms with Gasteiger partial charge >= 0.3 is 5.82 Å². The molecule has 0 radical (unpaired) electrons. The molecule has 0 unspecified atom stereocenters. The van der Waals surface area contributed by atoms with Gasteiger partial charge in [0.15, 0.2) is 6.54 Å². The summed E-state index contributed by atoms with van der Waals surface area (Å²) in [6, 6.07) is 12.3. The van der Waals surface area contributed by atoms with E-state index in [4.69, 9.17) is 0 Å². The molecule has 1 saturated heterocycles. The number of aromatic nitrogens is 1. The number of nitrogens with one attached hydrogen (secondary N) is 3. The SMILES string of the molecule is CN1c2ccccc2CN(C(=O)C[NH+]2CC[NH+](C)CC2)c2ccc[nH+]c21.O.[Cl-].[Cl-].[Cl-]. The highest BCUT2D eigenvalue weighted by Crippen LogP contribution is 2.36. The average Bonchev–Trinajstić information content (AvgIpc) is 2.79. The summed E-state index contributed by atoms with van der Waals surface area (Å²) in [5, 5.41) is 0. The van der Waals surface area contributed by atoms with Gasteiger partial charge in [0.05, 0.1) is 26.8 Å². The number of piperazine rings is 1. The summed E-state index contributed by atoms with van der Waals surface area (Å²) in [6.07, 6.45) is 1.92. The van der Waals surface area contributed by atoms with Gasteiger partial charge in [0.2, 0.25) is 0 Å². The third-order valence-electron chi connectivity index (χ3n) is 5.63. The summed E-state index contributed by atoms with van der Waals surface area (Å²) in [5.41, 5.74) is 3.27. The lowest BCUT2D eigenvalue weighted by Crippen LogP contribution is -3.27. The Morgan fingerprint density at radius 1 is 1.00 bits per heavy atom. The minimum atomic E-state index is 0. The molecule has 168 valence electrons. The molecule has 30 heavy (non-hydrogen) atoms. The molecular formula is C20H30Cl3N5O2. The first kappa shape index (κ1) is 28.4. The number of fused-ring (bicyclic) bond motifs is 2. The van der Waals surface area contributed by atoms with Crippen molar-refractivity contribution in [2.24, 2.45) is 0 Å². The second kappa shape index (κ2) is 12.3. The number of benzene rings is 1. The summed E-state index contributed by atoms with van der Waals surface area (Å²) in [4.78, 5) is 23.6. The van der Waals surface area contributed by atoms with Crippen LogP contribution in [0.5, 0.6) is 0 Å². The van der Waals surface area contributed by atoms with Crippen molar-refractivity contribution in [2.75, 3.05) is 56.6 Å². The number of halogens is 3. The molecule has 2 aliphatic rings. The van der Waals surface area contributed by atoms with Gasteiger partial charge in [-0.05, 0) is 18.2 Å². The highest BCUT2D eigenvalue weighted by atomic mass is 35.5. The normalized spacial score (nSPS) is 19.4. The minimum Gasteiger partial charge on any atom is -1.00 e. The number of hydrogen-bond acceptors (Lipinski definition) is 2. The first-order valence-electron chi connectivity index (χ1n) is 9.41. The number of pyridine rings is 1. The number of hydrogen-bond donors (Lipinski definition) is 2. The molecule has 2 aromatic rings. The summed E-state index contributed by atoms with van der Waals surface area (Å²) in [5.74, 6) is 1.16. The van der Waals surface area contributed by atoms with Gasteiger partial charge in [-0.3, -0.25) is 9.69 Å². The van der Waals surface area contributed by atoms with E-state index in [1.165, 1.54) is 10.5 Å². The highest BCUT2D eigenvalue weighted by Gasteiger charge is 2.34. The van der Waals surface area contributed by atoms with Crippen LogP contribution in [-0.4, -0.2) is 58.2 Å². The lowest BCUT2D eigenvalue weighted by atomic mass is 10.1. The van der Waals surface area contributed by atoms with Gasteiger partial charge in [-0.2, -0.15) is 0 Å². The predicted octanol–water partition coefficient (Wildman–Crippen LogP) is -11.3. The monoisotopic (exact) mass is 477 g/mol. The summed E-state index contributed by atoms with van der Waals surface area (Å²) in [7, 11) is 4.28. The summed E-state index contributed by atoms with van der Waals surface area (Å²) in [6.45, 7) is 5.58. The molecule has 0 atom stereocenters. The number of para-hydroxylation sites is 1. The molecule has 1 fully saturated rings. The van der Waals surface area contributed by atoms with Gasteiger partial charge in [0.1, 0.15) is 37.6 Å². The second-order valence-electron chi connectivity index (χ2n) is 7.46. The fourth-order valence-corrected chi connectivity index (χ4v) is 3.99. The molecule has 1 aromatic carbocycles. The van der Waals surface area contributed by atoms with E-state index in [9.17, 15) is 4.79 Å². The third-order valence-corrected chi connectivity index (χ3v) is 5.63. The lowest BCUT2D eigenvalue weighted by molar-refractivity contribution is -1.000. The van der Waals surface area contributed by atoms with Crippen LogP contribution in [0, 0.1) is 0 Å². The topological polar surface area (TPSA) is 78.1 Å². The molecule has 7 nitrogen and oxygen atoms in total. The second-order valence-corrected chi connectivity index (χ2v) is 7.46. The largest absolute Gasteiger partial charge is 1.00 e. The van der Waals surface area contributed by atoms with Gasteiger partial charge in [-0.1, -0.05) is 18.2 Å². The van der Waals surface area contributed by atoms with E-state index in [1.54, 1.807) is 4.90 Å². The molecule has 0 saturated carbocycles. The Morgan fingerprint density at radius 3 is 2.33 bits per heavy atom. The molecule has 1 aromatic heterocycles. The quantitative estimate of drug-likeness (QED) is 0.450. The number of anilines is 3. The Balaban J connectivity index is 0.00000210. The number of carbonyl (C=O) groups excluding carboxylic acids is 1. The van der Waals surface area contributed by atoms with E-state index in [2.05, 4.69) is 36.1 Å². The molecular weight excluding hydrogens is 449 g/mol. The number of quaternary nitrogens is 2. The number of likely N-dealkylation sites (N-methyl/N-ethyl adjacent to an activating group) is 1. The minimum absolute atomic E-state index is 0. The van der Waals surface area contributed by atoms with Crippen LogP contribution in [0.2, 0.25) is 0 Å². The zero-order valence-corrected chi connectivity index (χ0v) is 19.5. The van der Waals surface area contributed by atoms with Crippen molar-refractivity contribution >= 4 is 23.1 Å². The number of amides is 1. The van der Waals surface area contributed by atoms with Gasteiger partial charge in [0.25, 0.3) is 5.91 Å². The highest BCUT2D eigenvalue weighted by molar-refractivity contribution is 5.98. The smallest absolute Gasteiger partial charge is 0.303 e. The van der Waals surface area contributed by atoms with Gasteiger partial charge in [-0.25, -0.2) is 9.88 Å². The molecule has 0 spiro atoms. The van der Waals surface area contributed by atoms with Crippen LogP contribution in [-0.2, 0) is 11.3 Å². The van der Waals surface area contributed by atoms with Crippen molar-refractivity contribution in [3.8, 4) is 0 Å². The maximum atomic E-state index is 13.2. The van der Waals surface area contributed by atoms with Crippen molar-refractivity contribution in [2.45, 2.75) is 6.54 Å². The molecule has 5 N–H and O–H groups in total. The Morgan fingerprint density at radius 2 is 1.63 bits per heavy atom. The van der Waals surface area contributed by atoms with Crippen LogP contribution in [0.1, 0.15) is 5.56 Å². The maximum absolute atomic E-state index is 13.2. The zero-order valence-electron chi connectivity index (χ0n) is 17.2. The van der Waals surface area contributed by atoms with Gasteiger partial charge in [-0.15, -0.1) is 0 Å². The third kappa shape index (κ3) is 5.75. The van der Waals surface area contributed by atoms with E-state index >= 15 is 0 Å². The van der Waals surface area contributed by atoms with E-state index in [-0.39, 0.29) is 48.6 Å². The van der Waals surface area contributed by atoms with Crippen molar-refractivity contribution in [1.82, 2.24) is 0 Å². The van der Waals surface area contributed by atoms with Crippen molar-refractivity contribution in [3.63, 3.8) is 0 Å². The van der Waals surface area contributed by atoms with Crippen LogP contribution in [0.25, 0.3) is 0 Å². The lowest BCUT2D eigenvalue weighted by Gasteiger charge is -2.29. The van der Waals surface area contributed by atoms with Crippen LogP contribution in [0.15, 0.2) is 42.6 Å². The molecule has 0 bridgehead atoms. The Labute approximate surface area is 196 Å². The summed E-state index contributed by atoms with van der Waals surface area (Å²) < 4.78 is 0. The number of nitrogens with zero attached hydrogens (tertiary/aromatic N) is 2. The number of aromatic amines is 1. The van der Waals surface area contributed by atoms with E-state index in [0.717, 1.165) is 43.4 Å². The van der Waals surface area contributed by atoms with Crippen molar-refractivity contribution in [3.05, 3.63) is 48.2 Å². The Kier molecular flexibility index (Phi) is 11.6. The van der Waals surface area contributed by atoms with Gasteiger partial charge in [0, 0.05) is 5.56 Å². The molecule has 0 aliphatic carbocycles. The molecule has 4 rings (SSSR count). The van der Waals surface area contributed by atoms with Crippen LogP contribution in [0.3, 0.4) is 0 Å². The summed E-state index contributed by atoms with van der Waals surface area (Å²) >= 11 is 0. The fraction of sp³-hybridized carbons (Fsp3) is 0.400. The van der Waals surface area contributed by atoms with Crippen molar-refractivity contribution in [1.29, 1.82) is 0 Å². The standard InChI is InChI=1S/C20H25N5O.3ClH.H2O/c1-22-10-12-24(13-11-22)15-19(26)25-14-16-6-3-4-7-17(16)23(2)20-18(25)8-5-9-21-20;;;;/h3-9H,10-15H2,1-2H3;3*1H;1H2. The number of H-pyrrole nitrogens is 1.